The summed E-state index contributed by atoms with van der Waals surface area (Å²) in [4.78, 5) is 30.6. The van der Waals surface area contributed by atoms with Gasteiger partial charge in [0.2, 0.25) is 0 Å². The number of benzene rings is 2. The highest BCUT2D eigenvalue weighted by Gasteiger charge is 2.28. The molecule has 0 unspecified atom stereocenters. The molecule has 0 fully saturated rings. The van der Waals surface area contributed by atoms with Crippen molar-refractivity contribution in [1.82, 2.24) is 0 Å². The van der Waals surface area contributed by atoms with Gasteiger partial charge in [-0.05, 0) is 62.2 Å². The van der Waals surface area contributed by atoms with Gasteiger partial charge in [0.25, 0.3) is 5.91 Å². The third kappa shape index (κ3) is 5.53. The Hall–Kier alpha value is -3.01. The summed E-state index contributed by atoms with van der Waals surface area (Å²) in [6.45, 7) is 4.09. The van der Waals surface area contributed by atoms with Gasteiger partial charge in [-0.3, -0.25) is 14.6 Å². The smallest absolute Gasteiger partial charge is 0.267 e. The number of anilines is 1. The first kappa shape index (κ1) is 26.1. The van der Waals surface area contributed by atoms with Crippen molar-refractivity contribution in [3.8, 4) is 5.75 Å². The van der Waals surface area contributed by atoms with E-state index in [0.717, 1.165) is 40.9 Å². The second kappa shape index (κ2) is 9.80. The van der Waals surface area contributed by atoms with Crippen molar-refractivity contribution in [2.24, 2.45) is 4.99 Å². The number of sulfone groups is 1. The zero-order valence-electron chi connectivity index (χ0n) is 20.2. The molecule has 2 aromatic carbocycles. The van der Waals surface area contributed by atoms with Gasteiger partial charge in [0, 0.05) is 28.5 Å². The summed E-state index contributed by atoms with van der Waals surface area (Å²) in [5, 5.41) is 3.94. The van der Waals surface area contributed by atoms with Gasteiger partial charge in [-0.25, -0.2) is 8.42 Å². The molecule has 1 aliphatic heterocycles. The molecule has 2 heterocycles. The number of carbonyl (C=O) groups excluding carboxylic acids is 2. The molecule has 36 heavy (non-hydrogen) atoms. The fourth-order valence-corrected chi connectivity index (χ4v) is 6.89. The summed E-state index contributed by atoms with van der Waals surface area (Å²) in [5.41, 5.74) is 3.39. The predicted molar refractivity (Wildman–Crippen MR) is 143 cm³/mol. The lowest BCUT2D eigenvalue weighted by atomic mass is 9.85. The third-order valence-electron chi connectivity index (χ3n) is 5.79. The lowest BCUT2D eigenvalue weighted by Gasteiger charge is -2.29. The van der Waals surface area contributed by atoms with Crippen LogP contribution in [-0.4, -0.2) is 44.7 Å². The number of hydrogen-bond acceptors (Lipinski definition) is 7. The highest BCUT2D eigenvalue weighted by Crippen LogP contribution is 2.33. The van der Waals surface area contributed by atoms with E-state index < -0.39 is 15.7 Å². The predicted octanol–water partition coefficient (Wildman–Crippen LogP) is 5.46. The molecule has 0 aliphatic carbocycles. The summed E-state index contributed by atoms with van der Waals surface area (Å²) in [5.74, 6) is 0.0868. The molecule has 0 radical (unpaired) electrons. The zero-order valence-corrected chi connectivity index (χ0v) is 22.6. The van der Waals surface area contributed by atoms with E-state index in [0.29, 0.717) is 17.0 Å². The Labute approximate surface area is 219 Å². The fraction of sp³-hybridized carbons (Fsp3) is 0.269. The van der Waals surface area contributed by atoms with Gasteiger partial charge in [-0.1, -0.05) is 17.7 Å². The molecule has 0 bridgehead atoms. The van der Waals surface area contributed by atoms with Crippen LogP contribution in [0.1, 0.15) is 51.4 Å². The van der Waals surface area contributed by atoms with E-state index in [9.17, 15) is 18.0 Å². The largest absolute Gasteiger partial charge is 0.497 e. The van der Waals surface area contributed by atoms with Gasteiger partial charge in [0.1, 0.15) is 10.6 Å². The molecule has 1 aromatic heterocycles. The van der Waals surface area contributed by atoms with Crippen molar-refractivity contribution in [3.05, 3.63) is 74.4 Å². The molecule has 1 aliphatic rings. The van der Waals surface area contributed by atoms with Crippen LogP contribution in [0.2, 0.25) is 5.02 Å². The van der Waals surface area contributed by atoms with Crippen LogP contribution < -0.4 is 10.1 Å². The molecular weight excluding hydrogens is 520 g/mol. The lowest BCUT2D eigenvalue weighted by molar-refractivity contribution is 0.0998. The van der Waals surface area contributed by atoms with E-state index in [1.807, 2.05) is 32.0 Å². The van der Waals surface area contributed by atoms with Gasteiger partial charge in [-0.15, -0.1) is 11.3 Å². The van der Waals surface area contributed by atoms with E-state index in [1.165, 1.54) is 5.38 Å². The lowest BCUT2D eigenvalue weighted by Crippen LogP contribution is -2.30. The molecule has 10 heteroatoms. The molecule has 7 nitrogen and oxygen atoms in total. The molecule has 1 N–H and O–H groups in total. The van der Waals surface area contributed by atoms with Crippen LogP contribution in [0.5, 0.6) is 5.75 Å². The van der Waals surface area contributed by atoms with E-state index in [1.54, 1.807) is 31.4 Å². The SMILES string of the molecule is COc1ccc2c(c1)C(CC(=O)c1ccc(NC(=O)c3scc(S(C)(=O)=O)c3Cl)cc1)=NC(C)(C)C2. The number of ketones is 1. The van der Waals surface area contributed by atoms with Gasteiger partial charge in [0.05, 0.1) is 34.7 Å². The van der Waals surface area contributed by atoms with Gasteiger partial charge in [0.15, 0.2) is 15.6 Å². The Morgan fingerprint density at radius 1 is 1.17 bits per heavy atom. The number of nitrogens with zero attached hydrogens (tertiary/aromatic N) is 1. The standard InChI is InChI=1S/C26H25ClN2O5S2/c1-26(2)13-16-7-10-18(34-3)11-19(16)20(29-26)12-21(30)15-5-8-17(9-6-15)28-25(31)24-23(27)22(14-35-24)36(4,32)33/h5-11,14H,12-13H2,1-4H3,(H,28,31). The highest BCUT2D eigenvalue weighted by atomic mass is 35.5. The first-order valence-corrected chi connectivity index (χ1v) is 14.2. The highest BCUT2D eigenvalue weighted by molar-refractivity contribution is 7.91. The number of Topliss-reactive ketones (excluding diaryl/α,β-unsaturated/α-hetero) is 1. The molecular formula is C26H25ClN2O5S2. The van der Waals surface area contributed by atoms with Crippen molar-refractivity contribution in [2.45, 2.75) is 37.1 Å². The fourth-order valence-electron chi connectivity index (χ4n) is 4.08. The van der Waals surface area contributed by atoms with Crippen LogP contribution in [-0.2, 0) is 16.3 Å². The number of nitrogens with one attached hydrogen (secondary N) is 1. The second-order valence-corrected chi connectivity index (χ2v) is 12.5. The summed E-state index contributed by atoms with van der Waals surface area (Å²) in [7, 11) is -1.93. The normalized spacial score (nSPS) is 14.5. The van der Waals surface area contributed by atoms with Crippen molar-refractivity contribution in [2.75, 3.05) is 18.7 Å². The van der Waals surface area contributed by atoms with Crippen LogP contribution in [0.25, 0.3) is 0 Å². The number of thiophene rings is 1. The van der Waals surface area contributed by atoms with E-state index in [-0.39, 0.29) is 32.5 Å². The van der Waals surface area contributed by atoms with Crippen LogP contribution in [0.4, 0.5) is 5.69 Å². The van der Waals surface area contributed by atoms with Gasteiger partial charge in [-0.2, -0.15) is 0 Å². The van der Waals surface area contributed by atoms with Crippen molar-refractivity contribution < 1.29 is 22.7 Å². The maximum atomic E-state index is 13.1. The number of aliphatic imine (C=N–C) groups is 1. The molecule has 188 valence electrons. The van der Waals surface area contributed by atoms with E-state index >= 15 is 0 Å². The number of methoxy groups -OCH3 is 1. The van der Waals surface area contributed by atoms with Crippen molar-refractivity contribution in [3.63, 3.8) is 0 Å². The average Bonchev–Trinajstić information content (AvgIpc) is 3.20. The van der Waals surface area contributed by atoms with Crippen LogP contribution >= 0.6 is 22.9 Å². The van der Waals surface area contributed by atoms with E-state index in [4.69, 9.17) is 21.3 Å². The minimum absolute atomic E-state index is 0.0757. The quantitative estimate of drug-likeness (QED) is 0.398. The summed E-state index contributed by atoms with van der Waals surface area (Å²) < 4.78 is 28.9. The number of hydrogen-bond donors (Lipinski definition) is 1. The number of fused-ring (bicyclic) bond motifs is 1. The third-order valence-corrected chi connectivity index (χ3v) is 8.65. The first-order valence-electron chi connectivity index (χ1n) is 11.1. The maximum absolute atomic E-state index is 13.1. The molecule has 1 amide bonds. The molecule has 0 spiro atoms. The Bertz CT molecular complexity index is 1490. The zero-order chi connectivity index (χ0) is 26.3. The number of carbonyl (C=O) groups is 2. The van der Waals surface area contributed by atoms with Crippen molar-refractivity contribution >= 4 is 55.9 Å². The van der Waals surface area contributed by atoms with Crippen LogP contribution in [0.3, 0.4) is 0 Å². The number of ether oxygens (including phenoxy) is 1. The van der Waals surface area contributed by atoms with Crippen LogP contribution in [0, 0.1) is 0 Å². The Morgan fingerprint density at radius 2 is 1.86 bits per heavy atom. The molecule has 3 aromatic rings. The van der Waals surface area contributed by atoms with Gasteiger partial charge < -0.3 is 10.1 Å². The summed E-state index contributed by atoms with van der Waals surface area (Å²) >= 11 is 7.07. The molecule has 0 saturated heterocycles. The Kier molecular flexibility index (Phi) is 7.10. The average molecular weight is 545 g/mol. The Balaban J connectivity index is 1.50. The minimum atomic E-state index is -3.53. The van der Waals surface area contributed by atoms with E-state index in [2.05, 4.69) is 5.32 Å². The van der Waals surface area contributed by atoms with Crippen molar-refractivity contribution in [1.29, 1.82) is 0 Å². The summed E-state index contributed by atoms with van der Waals surface area (Å²) in [6.07, 6.45) is 1.94. The topological polar surface area (TPSA) is 102 Å². The van der Waals surface area contributed by atoms with Gasteiger partial charge >= 0.3 is 0 Å². The summed E-state index contributed by atoms with van der Waals surface area (Å²) in [6, 6.07) is 12.4. The molecule has 0 saturated carbocycles. The number of rotatable bonds is 7. The molecule has 0 atom stereocenters. The Morgan fingerprint density at radius 3 is 2.47 bits per heavy atom. The second-order valence-electron chi connectivity index (χ2n) is 9.22. The minimum Gasteiger partial charge on any atom is -0.497 e. The van der Waals surface area contributed by atoms with Crippen LogP contribution in [0.15, 0.2) is 57.7 Å². The maximum Gasteiger partial charge on any atom is 0.267 e. The molecule has 4 rings (SSSR count). The first-order chi connectivity index (χ1) is 16.9. The number of halogens is 1. The monoisotopic (exact) mass is 544 g/mol. The number of amides is 1.